The molecule has 0 aliphatic heterocycles. The fraction of sp³-hybridized carbons (Fsp3) is 0.833. The monoisotopic (exact) mass is 270 g/mol. The van der Waals surface area contributed by atoms with E-state index >= 15 is 0 Å². The zero-order chi connectivity index (χ0) is 13.0. The smallest absolute Gasteiger partial charge is 0.317 e. The summed E-state index contributed by atoms with van der Waals surface area (Å²) in [5.41, 5.74) is -0.0520. The average Bonchev–Trinajstić information content (AvgIpc) is 3.13. The van der Waals surface area contributed by atoms with E-state index in [1.165, 1.54) is 19.3 Å². The number of hydrogen-bond donors (Lipinski definition) is 2. The molecule has 1 aliphatic carbocycles. The second kappa shape index (κ2) is 6.43. The number of unbranched alkanes of at least 4 members (excludes halogenated alkanes) is 1. The van der Waals surface area contributed by atoms with Crippen LogP contribution >= 0.6 is 11.8 Å². The molecule has 1 fully saturated rings. The molecule has 1 atom stereocenters. The van der Waals surface area contributed by atoms with E-state index in [0.29, 0.717) is 12.1 Å². The van der Waals surface area contributed by atoms with Crippen molar-refractivity contribution in [1.82, 2.24) is 20.1 Å². The first-order valence-electron chi connectivity index (χ1n) is 6.69. The van der Waals surface area contributed by atoms with Crippen molar-refractivity contribution in [2.24, 2.45) is 0 Å². The fourth-order valence-electron chi connectivity index (χ4n) is 1.91. The van der Waals surface area contributed by atoms with Crippen molar-refractivity contribution >= 4 is 11.8 Å². The zero-order valence-corrected chi connectivity index (χ0v) is 11.9. The molecule has 1 aromatic rings. The quantitative estimate of drug-likeness (QED) is 0.558. The van der Waals surface area contributed by atoms with Crippen LogP contribution in [0.3, 0.4) is 0 Å². The topological polar surface area (TPSA) is 62.7 Å². The van der Waals surface area contributed by atoms with Crippen molar-refractivity contribution in [3.05, 3.63) is 10.5 Å². The molecule has 1 unspecified atom stereocenters. The highest BCUT2D eigenvalue weighted by Gasteiger charge is 2.28. The third-order valence-corrected chi connectivity index (χ3v) is 4.38. The molecule has 1 saturated carbocycles. The van der Waals surface area contributed by atoms with Crippen LogP contribution in [0.5, 0.6) is 0 Å². The van der Waals surface area contributed by atoms with Crippen molar-refractivity contribution in [2.75, 3.05) is 12.8 Å². The number of rotatable bonds is 8. The molecular weight excluding hydrogens is 248 g/mol. The van der Waals surface area contributed by atoms with Crippen LogP contribution in [-0.4, -0.2) is 33.6 Å². The minimum atomic E-state index is -0.0520. The molecule has 2 N–H and O–H groups in total. The van der Waals surface area contributed by atoms with Gasteiger partial charge in [-0.15, -0.1) is 5.10 Å². The van der Waals surface area contributed by atoms with Crippen LogP contribution in [0.25, 0.3) is 0 Å². The maximum absolute atomic E-state index is 11.6. The SMILES string of the molecule is CNC(C)CCCCSc1n[nH]c(=O)n1C1CC1. The van der Waals surface area contributed by atoms with Crippen LogP contribution in [0.15, 0.2) is 9.95 Å². The van der Waals surface area contributed by atoms with Crippen LogP contribution in [-0.2, 0) is 0 Å². The van der Waals surface area contributed by atoms with Crippen molar-refractivity contribution in [2.45, 2.75) is 56.3 Å². The number of nitrogens with zero attached hydrogens (tertiary/aromatic N) is 2. The molecule has 102 valence electrons. The van der Waals surface area contributed by atoms with Crippen molar-refractivity contribution in [3.63, 3.8) is 0 Å². The second-order valence-electron chi connectivity index (χ2n) is 4.95. The Kier molecular flexibility index (Phi) is 4.88. The summed E-state index contributed by atoms with van der Waals surface area (Å²) in [6.07, 6.45) is 5.82. The van der Waals surface area contributed by atoms with Crippen molar-refractivity contribution in [1.29, 1.82) is 0 Å². The highest BCUT2D eigenvalue weighted by molar-refractivity contribution is 7.99. The maximum Gasteiger partial charge on any atom is 0.344 e. The lowest BCUT2D eigenvalue weighted by atomic mass is 10.1. The molecule has 2 rings (SSSR count). The third-order valence-electron chi connectivity index (χ3n) is 3.34. The van der Waals surface area contributed by atoms with Crippen LogP contribution < -0.4 is 11.0 Å². The van der Waals surface area contributed by atoms with E-state index in [1.54, 1.807) is 11.8 Å². The Morgan fingerprint density at radius 2 is 2.33 bits per heavy atom. The van der Waals surface area contributed by atoms with Crippen LogP contribution in [0, 0.1) is 0 Å². The molecule has 0 saturated heterocycles. The molecule has 18 heavy (non-hydrogen) atoms. The normalized spacial score (nSPS) is 17.0. The highest BCUT2D eigenvalue weighted by Crippen LogP contribution is 2.36. The highest BCUT2D eigenvalue weighted by atomic mass is 32.2. The number of aromatic nitrogens is 3. The Balaban J connectivity index is 1.72. The molecule has 0 spiro atoms. The van der Waals surface area contributed by atoms with Gasteiger partial charge in [-0.1, -0.05) is 18.2 Å². The molecule has 6 heteroatoms. The summed E-state index contributed by atoms with van der Waals surface area (Å²) < 4.78 is 1.82. The van der Waals surface area contributed by atoms with Gasteiger partial charge >= 0.3 is 5.69 Å². The summed E-state index contributed by atoms with van der Waals surface area (Å²) >= 11 is 1.70. The zero-order valence-electron chi connectivity index (χ0n) is 11.1. The molecule has 1 heterocycles. The Hall–Kier alpha value is -0.750. The van der Waals surface area contributed by atoms with Gasteiger partial charge in [-0.3, -0.25) is 4.57 Å². The standard InChI is InChI=1S/C12H22N4OS/c1-9(13-2)5-3-4-8-18-12-15-14-11(17)16(12)10-6-7-10/h9-10,13H,3-8H2,1-2H3,(H,14,17). The molecule has 0 bridgehead atoms. The van der Waals surface area contributed by atoms with E-state index < -0.39 is 0 Å². The summed E-state index contributed by atoms with van der Waals surface area (Å²) in [5.74, 6) is 1.04. The van der Waals surface area contributed by atoms with E-state index in [0.717, 1.165) is 23.8 Å². The van der Waals surface area contributed by atoms with Gasteiger partial charge in [0.2, 0.25) is 0 Å². The van der Waals surface area contributed by atoms with Crippen molar-refractivity contribution < 1.29 is 0 Å². The van der Waals surface area contributed by atoms with Gasteiger partial charge in [0, 0.05) is 17.8 Å². The van der Waals surface area contributed by atoms with E-state index in [9.17, 15) is 4.79 Å². The Labute approximate surface area is 112 Å². The molecule has 5 nitrogen and oxygen atoms in total. The average molecular weight is 270 g/mol. The Morgan fingerprint density at radius 1 is 1.56 bits per heavy atom. The van der Waals surface area contributed by atoms with E-state index in [-0.39, 0.29) is 5.69 Å². The van der Waals surface area contributed by atoms with Gasteiger partial charge in [0.25, 0.3) is 0 Å². The van der Waals surface area contributed by atoms with Crippen LogP contribution in [0.2, 0.25) is 0 Å². The maximum atomic E-state index is 11.6. The summed E-state index contributed by atoms with van der Waals surface area (Å²) in [7, 11) is 2.00. The molecule has 0 amide bonds. The number of nitrogens with one attached hydrogen (secondary N) is 2. The summed E-state index contributed by atoms with van der Waals surface area (Å²) in [6, 6.07) is 0.994. The van der Waals surface area contributed by atoms with Gasteiger partial charge in [-0.2, -0.15) is 0 Å². The number of hydrogen-bond acceptors (Lipinski definition) is 4. The summed E-state index contributed by atoms with van der Waals surface area (Å²) in [4.78, 5) is 11.6. The number of aromatic amines is 1. The predicted molar refractivity (Wildman–Crippen MR) is 74.2 cm³/mol. The van der Waals surface area contributed by atoms with Gasteiger partial charge in [0.15, 0.2) is 5.16 Å². The second-order valence-corrected chi connectivity index (χ2v) is 6.01. The first-order chi connectivity index (χ1) is 8.72. The van der Waals surface area contributed by atoms with Gasteiger partial charge in [-0.05, 0) is 39.7 Å². The Morgan fingerprint density at radius 3 is 3.00 bits per heavy atom. The lowest BCUT2D eigenvalue weighted by Gasteiger charge is -2.09. The van der Waals surface area contributed by atoms with Gasteiger partial charge in [0.1, 0.15) is 0 Å². The number of H-pyrrole nitrogens is 1. The lowest BCUT2D eigenvalue weighted by Crippen LogP contribution is -2.20. The van der Waals surface area contributed by atoms with Gasteiger partial charge < -0.3 is 5.32 Å². The Bertz CT molecular complexity index is 424. The van der Waals surface area contributed by atoms with Crippen LogP contribution in [0.4, 0.5) is 0 Å². The first kappa shape index (κ1) is 13.7. The molecule has 0 aromatic carbocycles. The largest absolute Gasteiger partial charge is 0.344 e. The third kappa shape index (κ3) is 3.62. The predicted octanol–water partition coefficient (Wildman–Crippen LogP) is 1.78. The summed E-state index contributed by atoms with van der Waals surface area (Å²) in [6.45, 7) is 2.20. The van der Waals surface area contributed by atoms with Crippen LogP contribution in [0.1, 0.15) is 45.1 Å². The molecule has 1 aromatic heterocycles. The molecule has 0 radical (unpaired) electrons. The molecule has 1 aliphatic rings. The summed E-state index contributed by atoms with van der Waals surface area (Å²) in [5, 5.41) is 10.8. The fourth-order valence-corrected chi connectivity index (χ4v) is 2.92. The minimum Gasteiger partial charge on any atom is -0.317 e. The number of thioether (sulfide) groups is 1. The minimum absolute atomic E-state index is 0.0520. The van der Waals surface area contributed by atoms with Crippen molar-refractivity contribution in [3.8, 4) is 0 Å². The lowest BCUT2D eigenvalue weighted by molar-refractivity contribution is 0.538. The van der Waals surface area contributed by atoms with E-state index in [1.807, 2.05) is 11.6 Å². The first-order valence-corrected chi connectivity index (χ1v) is 7.68. The van der Waals surface area contributed by atoms with E-state index in [4.69, 9.17) is 0 Å². The van der Waals surface area contributed by atoms with Gasteiger partial charge in [0.05, 0.1) is 0 Å². The van der Waals surface area contributed by atoms with Gasteiger partial charge in [-0.25, -0.2) is 9.89 Å². The molecular formula is C12H22N4OS. The van der Waals surface area contributed by atoms with E-state index in [2.05, 4.69) is 22.4 Å².